The molecule has 15 heavy (non-hydrogen) atoms. The van der Waals surface area contributed by atoms with Crippen molar-refractivity contribution in [1.29, 1.82) is 5.26 Å². The van der Waals surface area contributed by atoms with E-state index in [1.165, 1.54) is 0 Å². The van der Waals surface area contributed by atoms with Gasteiger partial charge in [-0.25, -0.2) is 0 Å². The number of allylic oxidation sites excluding steroid dienone is 2. The molecule has 0 heterocycles. The topological polar surface area (TPSA) is 48.2 Å². The van der Waals surface area contributed by atoms with Gasteiger partial charge in [0.25, 0.3) is 0 Å². The van der Waals surface area contributed by atoms with E-state index in [1.807, 2.05) is 13.8 Å². The monoisotopic (exact) mass is 207 g/mol. The predicted octanol–water partition coefficient (Wildman–Crippen LogP) is 2.88. The first-order valence-electron chi connectivity index (χ1n) is 4.95. The van der Waals surface area contributed by atoms with E-state index in [1.54, 1.807) is 27.1 Å². The number of aliphatic imine (C=N–C) groups is 1. The fourth-order valence-corrected chi connectivity index (χ4v) is 0.446. The van der Waals surface area contributed by atoms with Crippen molar-refractivity contribution in [3.05, 3.63) is 24.6 Å². The minimum absolute atomic E-state index is 0.534. The molecule has 0 aliphatic heterocycles. The van der Waals surface area contributed by atoms with Gasteiger partial charge in [-0.15, -0.1) is 0 Å². The van der Waals surface area contributed by atoms with E-state index in [0.717, 1.165) is 0 Å². The van der Waals surface area contributed by atoms with Gasteiger partial charge in [0.15, 0.2) is 0 Å². The highest BCUT2D eigenvalue weighted by Crippen LogP contribution is 2.23. The molecule has 0 radical (unpaired) electrons. The quantitative estimate of drug-likeness (QED) is 0.720. The molecule has 0 aliphatic carbocycles. The molecule has 0 atom stereocenters. The second-order valence-corrected chi connectivity index (χ2v) is 3.22. The van der Waals surface area contributed by atoms with Crippen molar-refractivity contribution in [1.82, 2.24) is 5.32 Å². The van der Waals surface area contributed by atoms with Gasteiger partial charge in [-0.1, -0.05) is 27.0 Å². The summed E-state index contributed by atoms with van der Waals surface area (Å²) in [5.41, 5.74) is 0.603. The van der Waals surface area contributed by atoms with Gasteiger partial charge in [0.2, 0.25) is 0 Å². The molecule has 0 aromatic heterocycles. The Kier molecular flexibility index (Phi) is 8.27. The van der Waals surface area contributed by atoms with Crippen molar-refractivity contribution in [2.45, 2.75) is 27.7 Å². The second kappa shape index (κ2) is 7.81. The van der Waals surface area contributed by atoms with Crippen LogP contribution in [0.2, 0.25) is 0 Å². The number of nitriles is 1. The van der Waals surface area contributed by atoms with Crippen molar-refractivity contribution < 1.29 is 0 Å². The van der Waals surface area contributed by atoms with Gasteiger partial charge in [0, 0.05) is 19.0 Å². The molecule has 3 heteroatoms. The average Bonchev–Trinajstić information content (AvgIpc) is 2.27. The van der Waals surface area contributed by atoms with E-state index in [9.17, 15) is 0 Å². The Labute approximate surface area is 93.2 Å². The summed E-state index contributed by atoms with van der Waals surface area (Å²) in [5.74, 6) is 0. The maximum atomic E-state index is 8.76. The molecule has 0 amide bonds. The molecule has 0 bridgehead atoms. The van der Waals surface area contributed by atoms with Crippen molar-refractivity contribution in [2.75, 3.05) is 7.05 Å². The van der Waals surface area contributed by atoms with Gasteiger partial charge >= 0.3 is 0 Å². The van der Waals surface area contributed by atoms with Crippen LogP contribution in [0.5, 0.6) is 0 Å². The maximum Gasteiger partial charge on any atom is 0.0931 e. The van der Waals surface area contributed by atoms with Crippen molar-refractivity contribution >= 4 is 6.21 Å². The Morgan fingerprint density at radius 3 is 2.20 bits per heavy atom. The highest BCUT2D eigenvalue weighted by molar-refractivity contribution is 5.77. The molecule has 0 saturated heterocycles. The van der Waals surface area contributed by atoms with Crippen molar-refractivity contribution in [2.24, 2.45) is 10.4 Å². The van der Waals surface area contributed by atoms with Crippen LogP contribution in [0.15, 0.2) is 29.5 Å². The summed E-state index contributed by atoms with van der Waals surface area (Å²) in [5, 5.41) is 11.6. The highest BCUT2D eigenvalue weighted by Gasteiger charge is 2.19. The Morgan fingerprint density at radius 1 is 1.40 bits per heavy atom. The normalized spacial score (nSPS) is 9.87. The van der Waals surface area contributed by atoms with E-state index in [2.05, 4.69) is 29.5 Å². The maximum absolute atomic E-state index is 8.76. The lowest BCUT2D eigenvalue weighted by Gasteiger charge is -2.13. The molecule has 0 aliphatic rings. The Morgan fingerprint density at radius 2 is 1.87 bits per heavy atom. The van der Waals surface area contributed by atoms with Crippen LogP contribution in [0.25, 0.3) is 0 Å². The first kappa shape index (κ1) is 15.9. The van der Waals surface area contributed by atoms with Gasteiger partial charge in [-0.05, 0) is 13.8 Å². The molecule has 0 fully saturated rings. The Balaban J connectivity index is 0. The average molecular weight is 207 g/mol. The van der Waals surface area contributed by atoms with Crippen LogP contribution < -0.4 is 5.32 Å². The van der Waals surface area contributed by atoms with Crippen LogP contribution in [0, 0.1) is 16.7 Å². The fourth-order valence-electron chi connectivity index (χ4n) is 0.446. The van der Waals surface area contributed by atoms with Crippen LogP contribution in [0.1, 0.15) is 27.7 Å². The van der Waals surface area contributed by atoms with Crippen LogP contribution in [-0.4, -0.2) is 13.3 Å². The molecule has 1 N–H and O–H groups in total. The summed E-state index contributed by atoms with van der Waals surface area (Å²) >= 11 is 0. The summed E-state index contributed by atoms with van der Waals surface area (Å²) in [6.07, 6.45) is 1.56. The minimum Gasteiger partial charge on any atom is -0.387 e. The number of nitrogens with one attached hydrogen (secondary N) is 1. The van der Waals surface area contributed by atoms with Crippen molar-refractivity contribution in [3.8, 4) is 6.07 Å². The lowest BCUT2D eigenvalue weighted by molar-refractivity contribution is 0.593. The summed E-state index contributed by atoms with van der Waals surface area (Å²) in [6.45, 7) is 14.9. The van der Waals surface area contributed by atoms with Gasteiger partial charge < -0.3 is 5.32 Å². The van der Waals surface area contributed by atoms with E-state index < -0.39 is 5.41 Å². The molecule has 0 aromatic rings. The van der Waals surface area contributed by atoms with Crippen molar-refractivity contribution in [3.63, 3.8) is 0 Å². The fraction of sp³-hybridized carbons (Fsp3) is 0.500. The molecular weight excluding hydrogens is 186 g/mol. The Bertz CT molecular complexity index is 280. The minimum atomic E-state index is -0.621. The van der Waals surface area contributed by atoms with E-state index >= 15 is 0 Å². The molecule has 0 unspecified atom stereocenters. The summed E-state index contributed by atoms with van der Waals surface area (Å²) in [6, 6.07) is 2.12. The standard InChI is InChI=1S/C10H15N3.C2H6/c1-8(12-5)6-13-9(2)10(3,4)7-11;1-2/h6,12H,1-2H2,3-5H3;1-2H3. The molecule has 0 aromatic carbocycles. The van der Waals surface area contributed by atoms with Crippen LogP contribution in [-0.2, 0) is 0 Å². The molecular formula is C12H21N3. The Hall–Kier alpha value is -1.56. The number of hydrogen-bond donors (Lipinski definition) is 1. The zero-order valence-corrected chi connectivity index (χ0v) is 10.4. The molecule has 3 nitrogen and oxygen atoms in total. The van der Waals surface area contributed by atoms with E-state index in [0.29, 0.717) is 11.4 Å². The molecule has 84 valence electrons. The first-order chi connectivity index (χ1) is 6.94. The molecule has 0 rings (SSSR count). The largest absolute Gasteiger partial charge is 0.387 e. The summed E-state index contributed by atoms with van der Waals surface area (Å²) in [7, 11) is 1.76. The van der Waals surface area contributed by atoms with E-state index in [4.69, 9.17) is 5.26 Å². The van der Waals surface area contributed by atoms with Crippen LogP contribution in [0.3, 0.4) is 0 Å². The lowest BCUT2D eigenvalue weighted by atomic mass is 9.92. The predicted molar refractivity (Wildman–Crippen MR) is 66.6 cm³/mol. The zero-order chi connectivity index (χ0) is 12.5. The lowest BCUT2D eigenvalue weighted by Crippen LogP contribution is -2.11. The number of hydrogen-bond acceptors (Lipinski definition) is 3. The van der Waals surface area contributed by atoms with Gasteiger partial charge in [0.1, 0.15) is 0 Å². The second-order valence-electron chi connectivity index (χ2n) is 3.22. The SMILES string of the molecule is C=C(C=NC(=C)C(C)(C)C#N)NC.CC. The van der Waals surface area contributed by atoms with Gasteiger partial charge in [-0.2, -0.15) is 5.26 Å². The van der Waals surface area contributed by atoms with Crippen LogP contribution in [0.4, 0.5) is 0 Å². The third kappa shape index (κ3) is 6.50. The zero-order valence-electron chi connectivity index (χ0n) is 10.4. The third-order valence-corrected chi connectivity index (χ3v) is 1.70. The molecule has 0 spiro atoms. The summed E-state index contributed by atoms with van der Waals surface area (Å²) in [4.78, 5) is 4.03. The molecule has 0 saturated carbocycles. The number of nitrogens with zero attached hydrogens (tertiary/aromatic N) is 2. The first-order valence-corrected chi connectivity index (χ1v) is 4.95. The van der Waals surface area contributed by atoms with Crippen LogP contribution >= 0.6 is 0 Å². The highest BCUT2D eigenvalue weighted by atomic mass is 14.9. The van der Waals surface area contributed by atoms with Gasteiger partial charge in [0.05, 0.1) is 17.2 Å². The van der Waals surface area contributed by atoms with E-state index in [-0.39, 0.29) is 0 Å². The summed E-state index contributed by atoms with van der Waals surface area (Å²) < 4.78 is 0. The third-order valence-electron chi connectivity index (χ3n) is 1.70. The van der Waals surface area contributed by atoms with Gasteiger partial charge in [-0.3, -0.25) is 4.99 Å². The smallest absolute Gasteiger partial charge is 0.0931 e. The number of rotatable bonds is 4.